The maximum absolute atomic E-state index is 13.1. The van der Waals surface area contributed by atoms with E-state index >= 15 is 0 Å². The fourth-order valence-electron chi connectivity index (χ4n) is 4.43. The van der Waals surface area contributed by atoms with Crippen LogP contribution < -0.4 is 4.90 Å². The molecule has 0 atom stereocenters. The van der Waals surface area contributed by atoms with E-state index in [0.29, 0.717) is 0 Å². The normalized spacial score (nSPS) is 15.3. The van der Waals surface area contributed by atoms with Crippen molar-refractivity contribution < 1.29 is 4.79 Å². The Hall–Kier alpha value is -2.62. The maximum atomic E-state index is 13.1. The highest BCUT2D eigenvalue weighted by Gasteiger charge is 2.44. The van der Waals surface area contributed by atoms with Crippen LogP contribution in [0.5, 0.6) is 0 Å². The number of anilines is 1. The maximum Gasteiger partial charge on any atom is 0.237 e. The highest BCUT2D eigenvalue weighted by Crippen LogP contribution is 2.43. The molecule has 152 valence electrons. The summed E-state index contributed by atoms with van der Waals surface area (Å²) in [5, 5.41) is 0. The fraction of sp³-hybridized carbons (Fsp3) is 0.440. The lowest BCUT2D eigenvalue weighted by molar-refractivity contribution is -0.122. The summed E-state index contributed by atoms with van der Waals surface area (Å²) < 4.78 is 2.19. The Morgan fingerprint density at radius 3 is 2.52 bits per heavy atom. The number of imidazole rings is 1. The Labute approximate surface area is 173 Å². The number of fused-ring (bicyclic) bond motifs is 2. The third kappa shape index (κ3) is 3.45. The molecule has 0 saturated carbocycles. The number of hydrogen-bond donors (Lipinski definition) is 0. The molecule has 0 fully saturated rings. The van der Waals surface area contributed by atoms with Gasteiger partial charge in [-0.05, 0) is 49.9 Å². The van der Waals surface area contributed by atoms with Crippen molar-refractivity contribution in [2.75, 3.05) is 11.4 Å². The number of benzene rings is 2. The Balaban J connectivity index is 1.68. The molecule has 1 aliphatic heterocycles. The van der Waals surface area contributed by atoms with Crippen LogP contribution in [0.4, 0.5) is 5.69 Å². The monoisotopic (exact) mass is 389 g/mol. The molecule has 0 unspecified atom stereocenters. The van der Waals surface area contributed by atoms with Crippen molar-refractivity contribution in [2.45, 2.75) is 58.3 Å². The zero-order valence-electron chi connectivity index (χ0n) is 18.0. The van der Waals surface area contributed by atoms with Crippen LogP contribution in [0.2, 0.25) is 0 Å². The summed E-state index contributed by atoms with van der Waals surface area (Å²) in [6, 6.07) is 14.9. The second-order valence-electron chi connectivity index (χ2n) is 8.72. The van der Waals surface area contributed by atoms with Gasteiger partial charge in [0, 0.05) is 20.0 Å². The standard InChI is InChI=1S/C25H31N3O/c1-5-6-10-15-28-21-17-20-22(16-19(21)25(2,3)24(28)29)27(4)23(26-20)14-13-18-11-8-7-9-12-18/h7-9,11-12,16-17H,5-6,10,13-15H2,1-4H3. The van der Waals surface area contributed by atoms with Crippen LogP contribution in [0.15, 0.2) is 42.5 Å². The van der Waals surface area contributed by atoms with Crippen molar-refractivity contribution in [1.82, 2.24) is 9.55 Å². The number of unbranched alkanes of at least 4 members (excludes halogenated alkanes) is 2. The van der Waals surface area contributed by atoms with Gasteiger partial charge in [-0.25, -0.2) is 4.98 Å². The van der Waals surface area contributed by atoms with Crippen molar-refractivity contribution in [3.63, 3.8) is 0 Å². The zero-order chi connectivity index (χ0) is 20.6. The highest BCUT2D eigenvalue weighted by atomic mass is 16.2. The molecule has 0 radical (unpaired) electrons. The third-order valence-corrected chi connectivity index (χ3v) is 6.30. The summed E-state index contributed by atoms with van der Waals surface area (Å²) >= 11 is 0. The van der Waals surface area contributed by atoms with E-state index in [-0.39, 0.29) is 5.91 Å². The van der Waals surface area contributed by atoms with E-state index in [1.165, 1.54) is 5.56 Å². The van der Waals surface area contributed by atoms with Crippen LogP contribution in [0.3, 0.4) is 0 Å². The van der Waals surface area contributed by atoms with Crippen LogP contribution in [0, 0.1) is 0 Å². The predicted octanol–water partition coefficient (Wildman–Crippen LogP) is 5.17. The van der Waals surface area contributed by atoms with Gasteiger partial charge < -0.3 is 9.47 Å². The molecular formula is C25H31N3O. The first-order chi connectivity index (χ1) is 13.9. The number of amides is 1. The summed E-state index contributed by atoms with van der Waals surface area (Å²) in [7, 11) is 2.09. The van der Waals surface area contributed by atoms with Crippen LogP contribution in [-0.2, 0) is 30.1 Å². The summed E-state index contributed by atoms with van der Waals surface area (Å²) in [6.45, 7) is 7.08. The average Bonchev–Trinajstić information content (AvgIpc) is 3.12. The molecule has 2 aromatic carbocycles. The minimum Gasteiger partial charge on any atom is -0.331 e. The predicted molar refractivity (Wildman–Crippen MR) is 119 cm³/mol. The second-order valence-corrected chi connectivity index (χ2v) is 8.72. The van der Waals surface area contributed by atoms with Crippen molar-refractivity contribution >= 4 is 22.6 Å². The summed E-state index contributed by atoms with van der Waals surface area (Å²) in [4.78, 5) is 20.0. The van der Waals surface area contributed by atoms with E-state index < -0.39 is 5.41 Å². The number of hydrogen-bond acceptors (Lipinski definition) is 2. The van der Waals surface area contributed by atoms with Crippen molar-refractivity contribution in [1.29, 1.82) is 0 Å². The van der Waals surface area contributed by atoms with Crippen molar-refractivity contribution in [3.8, 4) is 0 Å². The number of nitrogens with zero attached hydrogens (tertiary/aromatic N) is 3. The number of carbonyl (C=O) groups excluding carboxylic acids is 1. The number of aromatic nitrogens is 2. The van der Waals surface area contributed by atoms with E-state index in [2.05, 4.69) is 61.0 Å². The number of rotatable bonds is 7. The first-order valence-corrected chi connectivity index (χ1v) is 10.8. The first-order valence-electron chi connectivity index (χ1n) is 10.8. The van der Waals surface area contributed by atoms with Crippen LogP contribution in [-0.4, -0.2) is 22.0 Å². The van der Waals surface area contributed by atoms with E-state index in [1.54, 1.807) is 0 Å². The van der Waals surface area contributed by atoms with Gasteiger partial charge in [0.1, 0.15) is 5.82 Å². The van der Waals surface area contributed by atoms with Gasteiger partial charge in [0.15, 0.2) is 0 Å². The molecular weight excluding hydrogens is 358 g/mol. The first kappa shape index (κ1) is 19.7. The topological polar surface area (TPSA) is 38.1 Å². The molecule has 0 N–H and O–H groups in total. The summed E-state index contributed by atoms with van der Waals surface area (Å²) in [6.07, 6.45) is 5.23. The van der Waals surface area contributed by atoms with Gasteiger partial charge >= 0.3 is 0 Å². The molecule has 0 aliphatic carbocycles. The molecule has 0 spiro atoms. The molecule has 4 heteroatoms. The number of carbonyl (C=O) groups is 1. The van der Waals surface area contributed by atoms with Gasteiger partial charge in [0.05, 0.1) is 22.1 Å². The molecule has 0 saturated heterocycles. The van der Waals surface area contributed by atoms with E-state index in [9.17, 15) is 4.79 Å². The van der Waals surface area contributed by atoms with Gasteiger partial charge in [0.25, 0.3) is 0 Å². The Morgan fingerprint density at radius 2 is 1.79 bits per heavy atom. The molecule has 1 amide bonds. The van der Waals surface area contributed by atoms with Gasteiger partial charge in [0.2, 0.25) is 5.91 Å². The van der Waals surface area contributed by atoms with E-state index in [1.807, 2.05) is 18.7 Å². The van der Waals surface area contributed by atoms with E-state index in [4.69, 9.17) is 4.98 Å². The molecule has 4 rings (SSSR count). The van der Waals surface area contributed by atoms with Gasteiger partial charge in [-0.1, -0.05) is 50.1 Å². The van der Waals surface area contributed by atoms with E-state index in [0.717, 1.165) is 66.8 Å². The van der Waals surface area contributed by atoms with Gasteiger partial charge in [-0.3, -0.25) is 4.79 Å². The number of aryl methyl sites for hydroxylation is 3. The Kier molecular flexibility index (Phi) is 5.20. The molecule has 1 aromatic heterocycles. The summed E-state index contributed by atoms with van der Waals surface area (Å²) in [5.41, 5.74) is 5.13. The lowest BCUT2D eigenvalue weighted by Crippen LogP contribution is -2.36. The minimum atomic E-state index is -0.482. The average molecular weight is 390 g/mol. The SMILES string of the molecule is CCCCCN1C(=O)C(C)(C)c2cc3c(cc21)nc(CCc1ccccc1)n3C. The molecule has 29 heavy (non-hydrogen) atoms. The van der Waals surface area contributed by atoms with Crippen LogP contribution >= 0.6 is 0 Å². The lowest BCUT2D eigenvalue weighted by atomic mass is 9.86. The zero-order valence-corrected chi connectivity index (χ0v) is 18.0. The largest absolute Gasteiger partial charge is 0.331 e. The molecule has 1 aliphatic rings. The minimum absolute atomic E-state index is 0.211. The van der Waals surface area contributed by atoms with Crippen LogP contribution in [0.25, 0.3) is 11.0 Å². The van der Waals surface area contributed by atoms with Gasteiger partial charge in [-0.15, -0.1) is 0 Å². The van der Waals surface area contributed by atoms with Crippen molar-refractivity contribution in [2.24, 2.45) is 7.05 Å². The Morgan fingerprint density at radius 1 is 1.03 bits per heavy atom. The molecule has 4 nitrogen and oxygen atoms in total. The van der Waals surface area contributed by atoms with Gasteiger partial charge in [-0.2, -0.15) is 0 Å². The van der Waals surface area contributed by atoms with Crippen molar-refractivity contribution in [3.05, 3.63) is 59.4 Å². The quantitative estimate of drug-likeness (QED) is 0.523. The lowest BCUT2D eigenvalue weighted by Gasteiger charge is -2.20. The Bertz CT molecular complexity index is 1030. The fourth-order valence-corrected chi connectivity index (χ4v) is 4.43. The molecule has 2 heterocycles. The summed E-state index contributed by atoms with van der Waals surface area (Å²) in [5.74, 6) is 1.30. The highest BCUT2D eigenvalue weighted by molar-refractivity contribution is 6.09. The van der Waals surface area contributed by atoms with Crippen LogP contribution in [0.1, 0.15) is 57.0 Å². The smallest absolute Gasteiger partial charge is 0.237 e. The molecule has 0 bridgehead atoms. The third-order valence-electron chi connectivity index (χ3n) is 6.30. The molecule has 3 aromatic rings. The second kappa shape index (κ2) is 7.66.